The largest absolute Gasteiger partial charge is 0.495 e. The number of carbonyl (C=O) groups is 2. The summed E-state index contributed by atoms with van der Waals surface area (Å²) < 4.78 is 11.2. The number of amides is 1. The van der Waals surface area contributed by atoms with Gasteiger partial charge >= 0.3 is 5.97 Å². The van der Waals surface area contributed by atoms with Crippen LogP contribution in [0.15, 0.2) is 34.8 Å². The second-order valence-corrected chi connectivity index (χ2v) is 7.85. The van der Waals surface area contributed by atoms with Crippen molar-refractivity contribution >= 4 is 54.9 Å². The molecule has 6 nitrogen and oxygen atoms in total. The highest BCUT2D eigenvalue weighted by molar-refractivity contribution is 9.10. The van der Waals surface area contributed by atoms with Gasteiger partial charge in [0.15, 0.2) is 0 Å². The molecule has 3 aromatic rings. The fraction of sp³-hybridized carbons (Fsp3) is 0.190. The first-order valence-corrected chi connectivity index (χ1v) is 10.3. The molecule has 0 unspecified atom stereocenters. The first-order valence-electron chi connectivity index (χ1n) is 8.70. The average Bonchev–Trinajstić information content (AvgIpc) is 3.03. The molecule has 1 N–H and O–H groups in total. The SMILES string of the molecule is CCOC(=O)c1sc(NC(=O)c2cc3ccccc3c(Br)c2OC)c(C#N)c1C. The molecule has 8 heteroatoms. The second kappa shape index (κ2) is 8.64. The Bertz CT molecular complexity index is 1160. The number of carbonyl (C=O) groups excluding carboxylic acids is 2. The molecular formula is C21H17BrN2O4S. The molecule has 148 valence electrons. The number of benzene rings is 2. The summed E-state index contributed by atoms with van der Waals surface area (Å²) in [6.07, 6.45) is 0. The lowest BCUT2D eigenvalue weighted by molar-refractivity contribution is 0.0531. The quantitative estimate of drug-likeness (QED) is 0.510. The zero-order valence-electron chi connectivity index (χ0n) is 16.0. The van der Waals surface area contributed by atoms with Gasteiger partial charge in [0.2, 0.25) is 0 Å². The summed E-state index contributed by atoms with van der Waals surface area (Å²) in [6, 6.07) is 11.4. The lowest BCUT2D eigenvalue weighted by atomic mass is 10.1. The molecule has 0 saturated carbocycles. The molecule has 0 aliphatic heterocycles. The number of hydrogen-bond acceptors (Lipinski definition) is 6. The molecule has 2 aromatic carbocycles. The molecular weight excluding hydrogens is 456 g/mol. The van der Waals surface area contributed by atoms with Gasteiger partial charge in [-0.25, -0.2) is 4.79 Å². The number of rotatable bonds is 5. The van der Waals surface area contributed by atoms with Gasteiger partial charge in [-0.1, -0.05) is 24.3 Å². The van der Waals surface area contributed by atoms with Crippen molar-refractivity contribution in [3.05, 3.63) is 56.4 Å². The normalized spacial score (nSPS) is 10.4. The van der Waals surface area contributed by atoms with Crippen LogP contribution in [0.25, 0.3) is 10.8 Å². The van der Waals surface area contributed by atoms with Gasteiger partial charge in [-0.15, -0.1) is 11.3 Å². The first-order chi connectivity index (χ1) is 13.9. The molecule has 0 radical (unpaired) electrons. The Labute approximate surface area is 180 Å². The molecule has 0 aliphatic carbocycles. The Morgan fingerprint density at radius 3 is 2.69 bits per heavy atom. The van der Waals surface area contributed by atoms with Crippen molar-refractivity contribution in [2.24, 2.45) is 0 Å². The molecule has 0 bridgehead atoms. The highest BCUT2D eigenvalue weighted by atomic mass is 79.9. The summed E-state index contributed by atoms with van der Waals surface area (Å²) in [6.45, 7) is 3.59. The zero-order chi connectivity index (χ0) is 21.1. The average molecular weight is 473 g/mol. The summed E-state index contributed by atoms with van der Waals surface area (Å²) in [5.74, 6) is -0.571. The lowest BCUT2D eigenvalue weighted by Gasteiger charge is -2.13. The van der Waals surface area contributed by atoms with E-state index in [2.05, 4.69) is 27.3 Å². The number of hydrogen-bond donors (Lipinski definition) is 1. The summed E-state index contributed by atoms with van der Waals surface area (Å²) in [5.41, 5.74) is 1.04. The highest BCUT2D eigenvalue weighted by Gasteiger charge is 2.24. The van der Waals surface area contributed by atoms with Crippen LogP contribution in [-0.4, -0.2) is 25.6 Å². The van der Waals surface area contributed by atoms with E-state index < -0.39 is 11.9 Å². The summed E-state index contributed by atoms with van der Waals surface area (Å²) in [4.78, 5) is 25.5. The lowest BCUT2D eigenvalue weighted by Crippen LogP contribution is -2.13. The van der Waals surface area contributed by atoms with Crippen LogP contribution in [0.5, 0.6) is 5.75 Å². The molecule has 1 aromatic heterocycles. The van der Waals surface area contributed by atoms with E-state index in [1.165, 1.54) is 7.11 Å². The smallest absolute Gasteiger partial charge is 0.348 e. The third-order valence-electron chi connectivity index (χ3n) is 4.34. The fourth-order valence-electron chi connectivity index (χ4n) is 2.95. The van der Waals surface area contributed by atoms with Crippen molar-refractivity contribution in [1.82, 2.24) is 0 Å². The second-order valence-electron chi connectivity index (χ2n) is 6.04. The van der Waals surface area contributed by atoms with Gasteiger partial charge in [-0.2, -0.15) is 5.26 Å². The number of halogens is 1. The Hall–Kier alpha value is -2.89. The number of anilines is 1. The third kappa shape index (κ3) is 3.84. The Balaban J connectivity index is 2.04. The third-order valence-corrected chi connectivity index (χ3v) is 6.31. The molecule has 0 atom stereocenters. The molecule has 0 fully saturated rings. The maximum atomic E-state index is 13.0. The van der Waals surface area contributed by atoms with Gasteiger partial charge in [0.1, 0.15) is 21.7 Å². The maximum absolute atomic E-state index is 13.0. The summed E-state index contributed by atoms with van der Waals surface area (Å²) in [5, 5.41) is 14.3. The van der Waals surface area contributed by atoms with Crippen molar-refractivity contribution in [3.8, 4) is 11.8 Å². The first kappa shape index (κ1) is 20.8. The molecule has 0 saturated heterocycles. The molecule has 1 heterocycles. The van der Waals surface area contributed by atoms with Crippen LogP contribution in [0, 0.1) is 18.3 Å². The molecule has 29 heavy (non-hydrogen) atoms. The van der Waals surface area contributed by atoms with Gasteiger partial charge in [0.05, 0.1) is 29.3 Å². The number of ether oxygens (including phenoxy) is 2. The number of fused-ring (bicyclic) bond motifs is 1. The Morgan fingerprint density at radius 1 is 1.31 bits per heavy atom. The highest BCUT2D eigenvalue weighted by Crippen LogP contribution is 2.38. The van der Waals surface area contributed by atoms with Gasteiger partial charge in [0, 0.05) is 0 Å². The topological polar surface area (TPSA) is 88.4 Å². The van der Waals surface area contributed by atoms with E-state index in [4.69, 9.17) is 9.47 Å². The van der Waals surface area contributed by atoms with E-state index in [9.17, 15) is 14.9 Å². The van der Waals surface area contributed by atoms with Gasteiger partial charge < -0.3 is 14.8 Å². The van der Waals surface area contributed by atoms with E-state index >= 15 is 0 Å². The predicted octanol–water partition coefficient (Wildman–Crippen LogP) is 5.28. The van der Waals surface area contributed by atoms with E-state index in [-0.39, 0.29) is 12.2 Å². The number of nitrogens with one attached hydrogen (secondary N) is 1. The van der Waals surface area contributed by atoms with Gasteiger partial charge in [0.25, 0.3) is 5.91 Å². The monoisotopic (exact) mass is 472 g/mol. The molecule has 3 rings (SSSR count). The van der Waals surface area contributed by atoms with Crippen molar-refractivity contribution in [1.29, 1.82) is 5.26 Å². The number of esters is 1. The van der Waals surface area contributed by atoms with E-state index in [1.807, 2.05) is 24.3 Å². The number of nitrogens with zero attached hydrogens (tertiary/aromatic N) is 1. The molecule has 0 spiro atoms. The van der Waals surface area contributed by atoms with Gasteiger partial charge in [-0.05, 0) is 52.2 Å². The van der Waals surface area contributed by atoms with Crippen LogP contribution in [-0.2, 0) is 4.74 Å². The van der Waals surface area contributed by atoms with Crippen LogP contribution in [0.2, 0.25) is 0 Å². The van der Waals surface area contributed by atoms with Crippen molar-refractivity contribution in [2.45, 2.75) is 13.8 Å². The van der Waals surface area contributed by atoms with Crippen molar-refractivity contribution < 1.29 is 19.1 Å². The van der Waals surface area contributed by atoms with E-state index in [0.29, 0.717) is 31.2 Å². The molecule has 0 aliphatic rings. The van der Waals surface area contributed by atoms with Crippen LogP contribution in [0.3, 0.4) is 0 Å². The van der Waals surface area contributed by atoms with E-state index in [0.717, 1.165) is 22.1 Å². The summed E-state index contributed by atoms with van der Waals surface area (Å²) in [7, 11) is 1.49. The van der Waals surface area contributed by atoms with Crippen LogP contribution >= 0.6 is 27.3 Å². The van der Waals surface area contributed by atoms with Crippen molar-refractivity contribution in [3.63, 3.8) is 0 Å². The minimum absolute atomic E-state index is 0.224. The number of nitriles is 1. The van der Waals surface area contributed by atoms with Gasteiger partial charge in [-0.3, -0.25) is 4.79 Å². The Morgan fingerprint density at radius 2 is 2.03 bits per heavy atom. The molecule has 1 amide bonds. The minimum atomic E-state index is -0.516. The van der Waals surface area contributed by atoms with Crippen LogP contribution < -0.4 is 10.1 Å². The predicted molar refractivity (Wildman–Crippen MR) is 116 cm³/mol. The summed E-state index contributed by atoms with van der Waals surface area (Å²) >= 11 is 4.53. The van der Waals surface area contributed by atoms with E-state index in [1.54, 1.807) is 19.9 Å². The standard InChI is InChI=1S/C21H17BrN2O4S/c1-4-28-21(26)18-11(2)15(10-23)20(29-18)24-19(25)14-9-12-7-5-6-8-13(12)16(22)17(14)27-3/h5-9H,4H2,1-3H3,(H,24,25). The maximum Gasteiger partial charge on any atom is 0.348 e. The number of thiophene rings is 1. The Kier molecular flexibility index (Phi) is 6.20. The zero-order valence-corrected chi connectivity index (χ0v) is 18.4. The minimum Gasteiger partial charge on any atom is -0.495 e. The number of methoxy groups -OCH3 is 1. The van der Waals surface area contributed by atoms with Crippen molar-refractivity contribution in [2.75, 3.05) is 19.0 Å². The van der Waals surface area contributed by atoms with Crippen LogP contribution in [0.4, 0.5) is 5.00 Å². The fourth-order valence-corrected chi connectivity index (χ4v) is 4.73. The van der Waals surface area contributed by atoms with Crippen LogP contribution in [0.1, 0.15) is 38.1 Å².